The van der Waals surface area contributed by atoms with Crippen LogP contribution in [0.25, 0.3) is 37.8 Å². The molecule has 0 radical (unpaired) electrons. The van der Waals surface area contributed by atoms with Crippen molar-refractivity contribution in [3.63, 3.8) is 0 Å². The zero-order chi connectivity index (χ0) is 37.2. The number of phenolic OH excluding ortho intramolecular Hbond substituents is 1. The van der Waals surface area contributed by atoms with Crippen LogP contribution in [0.5, 0.6) is 11.8 Å². The molecule has 3 aliphatic heterocycles. The Morgan fingerprint density at radius 2 is 1.81 bits per heavy atom. The molecule has 4 aromatic rings. The highest BCUT2D eigenvalue weighted by Gasteiger charge is 2.52. The minimum absolute atomic E-state index is 0.0136. The summed E-state index contributed by atoms with van der Waals surface area (Å²) in [5, 5.41) is 11.3. The number of carbonyl (C=O) groups excluding carboxylic acids is 1. The molecule has 5 heterocycles. The molecule has 3 saturated heterocycles. The number of benzene rings is 2. The van der Waals surface area contributed by atoms with E-state index < -0.39 is 35.8 Å². The molecule has 274 valence electrons. The van der Waals surface area contributed by atoms with Gasteiger partial charge in [-0.2, -0.15) is 23.1 Å². The lowest BCUT2D eigenvalue weighted by Crippen LogP contribution is -2.59. The molecule has 1 aliphatic carbocycles. The lowest BCUT2D eigenvalue weighted by molar-refractivity contribution is -0.188. The van der Waals surface area contributed by atoms with Crippen LogP contribution in [0, 0.1) is 36.0 Å². The van der Waals surface area contributed by atoms with Gasteiger partial charge in [0.2, 0.25) is 6.04 Å². The van der Waals surface area contributed by atoms with Crippen LogP contribution < -0.4 is 9.64 Å². The van der Waals surface area contributed by atoms with E-state index in [2.05, 4.69) is 30.6 Å². The topological polar surface area (TPSA) is 99.3 Å². The van der Waals surface area contributed by atoms with Gasteiger partial charge in [0.1, 0.15) is 28.6 Å². The first kappa shape index (κ1) is 34.8. The third kappa shape index (κ3) is 6.31. The van der Waals surface area contributed by atoms with Gasteiger partial charge in [-0.15, -0.1) is 6.42 Å². The van der Waals surface area contributed by atoms with Crippen LogP contribution in [0.15, 0.2) is 30.5 Å². The van der Waals surface area contributed by atoms with E-state index in [0.29, 0.717) is 18.2 Å². The minimum Gasteiger partial charge on any atom is -0.508 e. The number of aromatic hydroxyl groups is 1. The number of hydrogen-bond acceptors (Lipinski definition) is 8. The molecule has 53 heavy (non-hydrogen) atoms. The second kappa shape index (κ2) is 13.0. The second-order valence-electron chi connectivity index (χ2n) is 14.6. The van der Waals surface area contributed by atoms with Gasteiger partial charge in [0.15, 0.2) is 5.82 Å². The number of hydrogen-bond donors (Lipinski definition) is 1. The molecular weight excluding hydrogens is 697 g/mol. The number of piperidine rings is 1. The Morgan fingerprint density at radius 3 is 2.45 bits per heavy atom. The molecule has 8 rings (SSSR count). The fraction of sp³-hybridized carbons (Fsp3) is 0.447. The average molecular weight is 732 g/mol. The molecule has 1 amide bonds. The first-order valence-corrected chi connectivity index (χ1v) is 17.5. The second-order valence-corrected chi connectivity index (χ2v) is 14.6. The number of phenols is 1. The maximum Gasteiger partial charge on any atom is 0.471 e. The number of carbonyl (C=O) groups is 1. The first-order chi connectivity index (χ1) is 25.4. The summed E-state index contributed by atoms with van der Waals surface area (Å²) in [6.07, 6.45) is 6.12. The number of terminal acetylenes is 1. The Kier molecular flexibility index (Phi) is 8.52. The molecule has 2 unspecified atom stereocenters. The van der Waals surface area contributed by atoms with Crippen LogP contribution in [-0.4, -0.2) is 99.4 Å². The number of piperazine rings is 1. The lowest BCUT2D eigenvalue weighted by Gasteiger charge is -2.42. The molecular formula is C38H34F5N7O3. The number of anilines is 1. The van der Waals surface area contributed by atoms with E-state index in [0.717, 1.165) is 56.3 Å². The van der Waals surface area contributed by atoms with Crippen molar-refractivity contribution in [2.45, 2.75) is 62.8 Å². The van der Waals surface area contributed by atoms with Gasteiger partial charge in [-0.3, -0.25) is 9.78 Å². The molecule has 1 saturated carbocycles. The Balaban J connectivity index is 1.18. The Bertz CT molecular complexity index is 2210. The van der Waals surface area contributed by atoms with Crippen molar-refractivity contribution in [1.82, 2.24) is 24.8 Å². The number of fused-ring (bicyclic) bond motifs is 4. The van der Waals surface area contributed by atoms with E-state index in [1.807, 2.05) is 0 Å². The number of ether oxygens (including phenoxy) is 1. The third-order valence-corrected chi connectivity index (χ3v) is 11.1. The van der Waals surface area contributed by atoms with Crippen molar-refractivity contribution in [2.24, 2.45) is 5.41 Å². The molecule has 2 atom stereocenters. The van der Waals surface area contributed by atoms with Crippen LogP contribution >= 0.6 is 0 Å². The van der Waals surface area contributed by atoms with E-state index in [1.165, 1.54) is 24.4 Å². The van der Waals surface area contributed by atoms with Gasteiger partial charge in [-0.1, -0.05) is 12.0 Å². The smallest absolute Gasteiger partial charge is 0.471 e. The Labute approximate surface area is 301 Å². The van der Waals surface area contributed by atoms with Crippen molar-refractivity contribution in [2.75, 3.05) is 44.2 Å². The van der Waals surface area contributed by atoms with Crippen LogP contribution in [0.3, 0.4) is 0 Å². The van der Waals surface area contributed by atoms with E-state index in [4.69, 9.17) is 17.7 Å². The molecule has 4 fully saturated rings. The fourth-order valence-corrected chi connectivity index (χ4v) is 8.25. The van der Waals surface area contributed by atoms with E-state index in [9.17, 15) is 27.5 Å². The van der Waals surface area contributed by atoms with E-state index >= 15 is 4.39 Å². The fourth-order valence-electron chi connectivity index (χ4n) is 8.25. The summed E-state index contributed by atoms with van der Waals surface area (Å²) in [4.78, 5) is 34.6. The molecule has 4 aliphatic rings. The normalized spacial score (nSPS) is 21.5. The number of nitrogens with zero attached hydrogens (tertiary/aromatic N) is 7. The van der Waals surface area contributed by atoms with Gasteiger partial charge in [0, 0.05) is 68.1 Å². The zero-order valence-electron chi connectivity index (χ0n) is 28.5. The zero-order valence-corrected chi connectivity index (χ0v) is 28.5. The predicted molar refractivity (Wildman–Crippen MR) is 185 cm³/mol. The molecule has 2 aromatic carbocycles. The summed E-state index contributed by atoms with van der Waals surface area (Å²) in [5.41, 5.74) is -0.744. The summed E-state index contributed by atoms with van der Waals surface area (Å²) in [6, 6.07) is 3.60. The predicted octanol–water partition coefficient (Wildman–Crippen LogP) is 6.09. The number of aromatic nitrogens is 3. The highest BCUT2D eigenvalue weighted by atomic mass is 19.4. The summed E-state index contributed by atoms with van der Waals surface area (Å²) in [6.45, 7) is 9.99. The third-order valence-electron chi connectivity index (χ3n) is 11.1. The standard InChI is InChI=1S/C38H34F5N7O3/c1-3-26-29(39)7-4-21-14-25(51)15-27(30(21)26)32-31(40)33-28(16-45-32)34(49-17-23-5-6-24(18-49)50(23)35(52)38(41,42)43)47-36(46-33)53-20-37(10-11-37)19-48-12-8-22(44-2)9-13-48/h1,4,7,14-16,22-24,51H,5-6,8-13,17-20H2. The highest BCUT2D eigenvalue weighted by Crippen LogP contribution is 2.47. The van der Waals surface area contributed by atoms with Crippen LogP contribution in [0.2, 0.25) is 0 Å². The average Bonchev–Trinajstić information content (AvgIpc) is 3.85. The Morgan fingerprint density at radius 1 is 1.09 bits per heavy atom. The van der Waals surface area contributed by atoms with Gasteiger partial charge in [-0.25, -0.2) is 15.4 Å². The first-order valence-electron chi connectivity index (χ1n) is 17.5. The molecule has 2 aromatic heterocycles. The van der Waals surface area contributed by atoms with Crippen molar-refractivity contribution < 1.29 is 36.6 Å². The van der Waals surface area contributed by atoms with Gasteiger partial charge in [0.05, 0.1) is 29.6 Å². The molecule has 10 nitrogen and oxygen atoms in total. The van der Waals surface area contributed by atoms with Crippen LogP contribution in [0.4, 0.5) is 27.8 Å². The number of rotatable bonds is 7. The maximum atomic E-state index is 16.9. The molecule has 15 heteroatoms. The van der Waals surface area contributed by atoms with Gasteiger partial charge < -0.3 is 29.4 Å². The van der Waals surface area contributed by atoms with Crippen molar-refractivity contribution in [1.29, 1.82) is 0 Å². The Hall–Kier alpha value is -5.28. The quantitative estimate of drug-likeness (QED) is 0.139. The van der Waals surface area contributed by atoms with Crippen molar-refractivity contribution in [3.8, 4) is 35.4 Å². The molecule has 1 N–H and O–H groups in total. The van der Waals surface area contributed by atoms with E-state index in [1.54, 1.807) is 4.90 Å². The van der Waals surface area contributed by atoms with Gasteiger partial charge in [0.25, 0.3) is 0 Å². The lowest BCUT2D eigenvalue weighted by atomic mass is 9.96. The number of likely N-dealkylation sites (tertiary alicyclic amines) is 1. The van der Waals surface area contributed by atoms with Crippen LogP contribution in [0.1, 0.15) is 44.1 Å². The van der Waals surface area contributed by atoms with Crippen molar-refractivity contribution >= 4 is 33.4 Å². The van der Waals surface area contributed by atoms with Gasteiger partial charge >= 0.3 is 18.1 Å². The molecule has 2 bridgehead atoms. The summed E-state index contributed by atoms with van der Waals surface area (Å²) < 4.78 is 78.6. The number of pyridine rings is 1. The van der Waals surface area contributed by atoms with E-state index in [-0.39, 0.29) is 81.8 Å². The number of halogens is 5. The largest absolute Gasteiger partial charge is 0.508 e. The highest BCUT2D eigenvalue weighted by molar-refractivity contribution is 6.03. The number of amides is 1. The summed E-state index contributed by atoms with van der Waals surface area (Å²) >= 11 is 0. The molecule has 0 spiro atoms. The summed E-state index contributed by atoms with van der Waals surface area (Å²) in [7, 11) is 0. The number of alkyl halides is 3. The monoisotopic (exact) mass is 731 g/mol. The van der Waals surface area contributed by atoms with Crippen molar-refractivity contribution in [3.05, 3.63) is 59.1 Å². The summed E-state index contributed by atoms with van der Waals surface area (Å²) in [5.74, 6) is -1.23. The maximum absolute atomic E-state index is 16.9. The van der Waals surface area contributed by atoms with Gasteiger partial charge in [-0.05, 0) is 49.3 Å². The minimum atomic E-state index is -5.01. The van der Waals surface area contributed by atoms with Crippen LogP contribution in [-0.2, 0) is 4.79 Å². The SMILES string of the molecule is [C-]#[N+]C1CCN(CC2(COc3nc(N4CC5CCC(C4)N5C(=O)C(F)(F)F)c4cnc(-c5cc(O)cc6ccc(F)c(C#C)c56)c(F)c4n3)CC2)CC1.